The van der Waals surface area contributed by atoms with Crippen molar-refractivity contribution in [3.8, 4) is 0 Å². The summed E-state index contributed by atoms with van der Waals surface area (Å²) in [5.41, 5.74) is 4.42. The van der Waals surface area contributed by atoms with Crippen LogP contribution in [0, 0.1) is 10.1 Å². The van der Waals surface area contributed by atoms with Gasteiger partial charge in [0.05, 0.1) is 0 Å². The van der Waals surface area contributed by atoms with E-state index in [2.05, 4.69) is 9.97 Å². The number of H-pyrrole nitrogens is 1. The van der Waals surface area contributed by atoms with E-state index in [4.69, 9.17) is 5.73 Å². The first-order valence-corrected chi connectivity index (χ1v) is 2.60. The molecule has 1 aromatic heterocycles. The highest BCUT2D eigenvalue weighted by Gasteiger charge is 2.19. The molecule has 3 N–H and O–H groups in total. The number of carbonyl (C=O) groups is 1. The van der Waals surface area contributed by atoms with Crippen molar-refractivity contribution in [2.75, 3.05) is 0 Å². The lowest BCUT2D eigenvalue weighted by Crippen LogP contribution is -2.13. The van der Waals surface area contributed by atoms with Crippen molar-refractivity contribution in [2.45, 2.75) is 0 Å². The molecule has 0 aliphatic rings. The Balaban J connectivity index is 3.16. The average Bonchev–Trinajstić information content (AvgIpc) is 2.32. The monoisotopic (exact) mass is 158 g/mol. The lowest BCUT2D eigenvalue weighted by molar-refractivity contribution is -0.389. The second-order valence-corrected chi connectivity index (χ2v) is 1.72. The molecule has 0 atom stereocenters. The molecule has 0 aromatic carbocycles. The summed E-state index contributed by atoms with van der Waals surface area (Å²) in [7, 11) is 0. The summed E-state index contributed by atoms with van der Waals surface area (Å²) in [6, 6.07) is 0. The van der Waals surface area contributed by atoms with Crippen molar-refractivity contribution < 1.29 is 9.72 Å². The van der Waals surface area contributed by atoms with Gasteiger partial charge in [0.1, 0.15) is 0 Å². The minimum atomic E-state index is -0.919. The molecule has 0 unspecified atom stereocenters. The van der Waals surface area contributed by atoms with Crippen LogP contribution in [0.1, 0.15) is 10.5 Å². The van der Waals surface area contributed by atoms with Crippen molar-refractivity contribution in [1.82, 2.24) is 9.97 Å². The first kappa shape index (κ1) is 7.19. The highest BCUT2D eigenvalue weighted by Crippen LogP contribution is 2.10. The van der Waals surface area contributed by atoms with Gasteiger partial charge < -0.3 is 15.8 Å². The van der Waals surface area contributed by atoms with Crippen LogP contribution in [0.4, 0.5) is 5.82 Å². The zero-order valence-electron chi connectivity index (χ0n) is 5.27. The molecule has 7 heteroatoms. The van der Waals surface area contributed by atoms with Gasteiger partial charge in [0.25, 0.3) is 5.91 Å². The summed E-state index contributed by atoms with van der Waals surface area (Å²) in [6.07, 6.45) is 1.04. The third-order valence-corrected chi connectivity index (χ3v) is 1.04. The van der Waals surface area contributed by atoms with Gasteiger partial charge in [-0.2, -0.15) is 0 Å². The van der Waals surface area contributed by atoms with Crippen molar-refractivity contribution in [2.24, 2.45) is 5.73 Å². The minimum Gasteiger partial charge on any atom is -0.364 e. The summed E-state index contributed by atoms with van der Waals surface area (Å²) in [4.78, 5) is 25.3. The van der Waals surface area contributed by atoms with Gasteiger partial charge in [-0.3, -0.25) is 4.79 Å². The van der Waals surface area contributed by atoms with Crippen molar-refractivity contribution >= 4 is 11.7 Å². The number of hydrogen-bond donors (Lipinski definition) is 2. The van der Waals surface area contributed by atoms with Crippen LogP contribution < -0.4 is 5.73 Å². The van der Waals surface area contributed by atoms with E-state index in [1.807, 2.05) is 0 Å². The first-order chi connectivity index (χ1) is 5.13. The number of aromatic amines is 1. The Morgan fingerprint density at radius 2 is 2.45 bits per heavy atom. The van der Waals surface area contributed by atoms with E-state index in [-0.39, 0.29) is 5.69 Å². The molecule has 1 rings (SSSR count). The van der Waals surface area contributed by atoms with Gasteiger partial charge in [-0.05, 0) is 4.92 Å². The number of nitrogens with one attached hydrogen (secondary N) is 1. The second kappa shape index (κ2) is 2.37. The van der Waals surface area contributed by atoms with Gasteiger partial charge >= 0.3 is 5.82 Å². The fourth-order valence-corrected chi connectivity index (χ4v) is 0.607. The molecule has 58 valence electrons. The topological polar surface area (TPSA) is 115 Å². The number of amides is 1. The van der Waals surface area contributed by atoms with Crippen LogP contribution >= 0.6 is 0 Å². The van der Waals surface area contributed by atoms with Gasteiger partial charge in [0, 0.05) is 0 Å². The fourth-order valence-electron chi connectivity index (χ4n) is 0.607. The molecule has 0 aliphatic heterocycles. The van der Waals surface area contributed by atoms with Crippen LogP contribution in [0.25, 0.3) is 0 Å². The van der Waals surface area contributed by atoms with Crippen LogP contribution in [-0.2, 0) is 0 Å². The second-order valence-electron chi connectivity index (χ2n) is 1.72. The lowest BCUT2D eigenvalue weighted by atomic mass is 10.4. The van der Waals surface area contributed by atoms with E-state index < -0.39 is 16.6 Å². The molecule has 11 heavy (non-hydrogen) atoms. The van der Waals surface area contributed by atoms with E-state index >= 15 is 0 Å². The van der Waals surface area contributed by atoms with Crippen LogP contribution in [0.3, 0.4) is 0 Å². The predicted molar refractivity (Wildman–Crippen MR) is 33.8 cm³/mol. The van der Waals surface area contributed by atoms with Crippen molar-refractivity contribution in [3.63, 3.8) is 0 Å². The number of imidazole rings is 1. The highest BCUT2D eigenvalue weighted by atomic mass is 16.9. The molecule has 1 amide bonds. The van der Waals surface area contributed by atoms with Crippen LogP contribution in [0.5, 0.6) is 0 Å². The molecule has 0 radical (unpaired) electrons. The zero-order valence-corrected chi connectivity index (χ0v) is 5.27. The van der Waals surface area contributed by atoms with Gasteiger partial charge in [-0.25, -0.2) is 9.97 Å². The molecule has 0 fully saturated rings. The van der Waals surface area contributed by atoms with Gasteiger partial charge in [-0.15, -0.1) is 0 Å². The predicted octanol–water partition coefficient (Wildman–Crippen LogP) is -0.583. The van der Waals surface area contributed by atoms with Crippen LogP contribution in [0.15, 0.2) is 6.33 Å². The Morgan fingerprint density at radius 3 is 2.82 bits per heavy atom. The smallest absolute Gasteiger partial charge is 0.353 e. The Hall–Kier alpha value is -1.92. The molecular formula is C4H4N4O3. The van der Waals surface area contributed by atoms with E-state index in [1.54, 1.807) is 0 Å². The first-order valence-electron chi connectivity index (χ1n) is 2.60. The maximum absolute atomic E-state index is 10.4. The lowest BCUT2D eigenvalue weighted by Gasteiger charge is -1.90. The van der Waals surface area contributed by atoms with E-state index in [9.17, 15) is 14.9 Å². The van der Waals surface area contributed by atoms with Gasteiger partial charge in [-0.1, -0.05) is 0 Å². The highest BCUT2D eigenvalue weighted by molar-refractivity contribution is 5.94. The number of nitrogens with two attached hydrogens (primary N) is 1. The number of nitro groups is 1. The standard InChI is InChI=1S/C4H4N4O3/c5-3(9)2-4(8(10)11)7-1-6-2/h1H,(H2,5,9)(H,6,7)/i5+1,8+1. The fraction of sp³-hybridized carbons (Fsp3) is 0. The maximum atomic E-state index is 10.4. The molecule has 1 aromatic rings. The quantitative estimate of drug-likeness (QED) is 0.340. The molecular weight excluding hydrogens is 154 g/mol. The molecule has 0 bridgehead atoms. The summed E-state index contributed by atoms with van der Waals surface area (Å²) in [5.74, 6) is -1.39. The summed E-state index contributed by atoms with van der Waals surface area (Å²) < 4.78 is 0. The summed E-state index contributed by atoms with van der Waals surface area (Å²) in [5, 5.41) is 10.1. The Kier molecular flexibility index (Phi) is 1.55. The van der Waals surface area contributed by atoms with E-state index in [1.165, 1.54) is 0 Å². The SMILES string of the molecule is [15NH2]C(=O)c1nc[nH]c1[15N+](=O)[O-]. The summed E-state index contributed by atoms with van der Waals surface area (Å²) >= 11 is 0. The maximum Gasteiger partial charge on any atom is 0.353 e. The van der Waals surface area contributed by atoms with Crippen LogP contribution in [0.2, 0.25) is 0 Å². The number of aromatic nitrogens is 2. The van der Waals surface area contributed by atoms with Gasteiger partial charge in [0.2, 0.25) is 5.69 Å². The third kappa shape index (κ3) is 1.16. The van der Waals surface area contributed by atoms with Crippen molar-refractivity contribution in [1.29, 1.82) is 0 Å². The Bertz CT molecular complexity index is 276. The Labute approximate surface area is 60.4 Å². The van der Waals surface area contributed by atoms with Crippen LogP contribution in [-0.4, -0.2) is 20.8 Å². The van der Waals surface area contributed by atoms with Crippen molar-refractivity contribution in [3.05, 3.63) is 22.1 Å². The van der Waals surface area contributed by atoms with E-state index in [0.29, 0.717) is 0 Å². The molecule has 0 aliphatic carbocycles. The molecule has 0 saturated heterocycles. The molecule has 0 spiro atoms. The number of nitrogens with zero attached hydrogens (tertiary/aromatic N) is 2. The molecule has 1 heterocycles. The molecule has 0 saturated carbocycles. The number of rotatable bonds is 2. The number of carbonyl (C=O) groups excluding carboxylic acids is 1. The molecule has 7 nitrogen and oxygen atoms in total. The Morgan fingerprint density at radius 1 is 1.82 bits per heavy atom. The normalized spacial score (nSPS) is 9.45. The van der Waals surface area contributed by atoms with Gasteiger partial charge in [0.15, 0.2) is 6.33 Å². The largest absolute Gasteiger partial charge is 0.364 e. The van der Waals surface area contributed by atoms with E-state index in [0.717, 1.165) is 6.33 Å². The minimum absolute atomic E-state index is 0.352. The average molecular weight is 158 g/mol. The zero-order chi connectivity index (χ0) is 8.43. The third-order valence-electron chi connectivity index (χ3n) is 1.04. The summed E-state index contributed by atoms with van der Waals surface area (Å²) in [6.45, 7) is 0. The number of hydrogen-bond acceptors (Lipinski definition) is 4. The number of primary amides is 1.